The van der Waals surface area contributed by atoms with Gasteiger partial charge in [0.05, 0.1) is 18.0 Å². The van der Waals surface area contributed by atoms with Crippen LogP contribution in [0.25, 0.3) is 0 Å². The van der Waals surface area contributed by atoms with Gasteiger partial charge in [0, 0.05) is 36.3 Å². The average Bonchev–Trinajstić information content (AvgIpc) is 3.11. The maximum absolute atomic E-state index is 13.8. The lowest BCUT2D eigenvalue weighted by atomic mass is 9.72. The Morgan fingerprint density at radius 1 is 0.938 bits per heavy atom. The third-order valence-electron chi connectivity index (χ3n) is 6.92. The van der Waals surface area contributed by atoms with Crippen molar-refractivity contribution < 1.29 is 4.79 Å². The minimum Gasteiger partial charge on any atom is -0.363 e. The molecule has 2 aliphatic rings. The number of hydrogen-bond acceptors (Lipinski definition) is 3. The van der Waals surface area contributed by atoms with E-state index < -0.39 is 5.41 Å². The highest BCUT2D eigenvalue weighted by Gasteiger charge is 2.48. The summed E-state index contributed by atoms with van der Waals surface area (Å²) in [5, 5.41) is 10.0. The summed E-state index contributed by atoms with van der Waals surface area (Å²) in [6, 6.07) is 29.2. The van der Waals surface area contributed by atoms with Gasteiger partial charge >= 0.3 is 0 Å². The second-order valence-electron chi connectivity index (χ2n) is 9.36. The van der Waals surface area contributed by atoms with E-state index in [0.29, 0.717) is 19.5 Å². The fourth-order valence-electron chi connectivity index (χ4n) is 5.40. The van der Waals surface area contributed by atoms with Crippen LogP contribution in [0.15, 0.2) is 78.9 Å². The highest BCUT2D eigenvalue weighted by Crippen LogP contribution is 2.52. The molecule has 2 aliphatic heterocycles. The van der Waals surface area contributed by atoms with Gasteiger partial charge in [-0.15, -0.1) is 0 Å². The molecule has 0 aromatic heterocycles. The molecule has 2 heterocycles. The number of anilines is 2. The molecule has 0 N–H and O–H groups in total. The first kappa shape index (κ1) is 20.3. The number of hydrogen-bond donors (Lipinski definition) is 0. The Labute approximate surface area is 189 Å². The molecule has 0 fully saturated rings. The van der Waals surface area contributed by atoms with E-state index in [-0.39, 0.29) is 17.9 Å². The van der Waals surface area contributed by atoms with Crippen molar-refractivity contribution in [2.75, 3.05) is 9.80 Å². The van der Waals surface area contributed by atoms with Crippen LogP contribution in [-0.4, -0.2) is 11.9 Å². The first-order valence-electron chi connectivity index (χ1n) is 11.2. The molecule has 1 amide bonds. The van der Waals surface area contributed by atoms with Gasteiger partial charge in [-0.2, -0.15) is 5.26 Å². The van der Waals surface area contributed by atoms with Gasteiger partial charge in [0.1, 0.15) is 0 Å². The SMILES string of the molecule is CC(C)(C#N)C1c2ccccc2N2Cc3ccccc3N(Cc3ccccc3)C(=O)CC12. The first-order chi connectivity index (χ1) is 15.5. The predicted molar refractivity (Wildman–Crippen MR) is 127 cm³/mol. The minimum absolute atomic E-state index is 0.0310. The van der Waals surface area contributed by atoms with Gasteiger partial charge in [-0.05, 0) is 42.7 Å². The van der Waals surface area contributed by atoms with E-state index in [2.05, 4.69) is 47.4 Å². The standard InChI is InChI=1S/C28H27N3O/c1-28(2,19-29)27-22-13-7-9-15-24(22)30-18-21-12-6-8-14-23(21)31(26(32)16-25(27)30)17-20-10-4-3-5-11-20/h3-15,25,27H,16-18H2,1-2H3. The highest BCUT2D eigenvalue weighted by molar-refractivity contribution is 5.95. The molecule has 3 aromatic carbocycles. The topological polar surface area (TPSA) is 47.3 Å². The lowest BCUT2D eigenvalue weighted by Gasteiger charge is -2.39. The molecule has 0 aliphatic carbocycles. The third kappa shape index (κ3) is 3.35. The summed E-state index contributed by atoms with van der Waals surface area (Å²) < 4.78 is 0. The van der Waals surface area contributed by atoms with E-state index in [0.717, 1.165) is 22.5 Å². The third-order valence-corrected chi connectivity index (χ3v) is 6.92. The van der Waals surface area contributed by atoms with Crippen molar-refractivity contribution in [2.45, 2.75) is 45.3 Å². The van der Waals surface area contributed by atoms with Crippen LogP contribution in [0.2, 0.25) is 0 Å². The fraction of sp³-hybridized carbons (Fsp3) is 0.286. The van der Waals surface area contributed by atoms with Crippen molar-refractivity contribution in [1.82, 2.24) is 0 Å². The maximum atomic E-state index is 13.8. The smallest absolute Gasteiger partial charge is 0.229 e. The quantitative estimate of drug-likeness (QED) is 0.549. The van der Waals surface area contributed by atoms with E-state index in [1.165, 1.54) is 5.56 Å². The molecule has 3 aromatic rings. The van der Waals surface area contributed by atoms with Crippen LogP contribution < -0.4 is 9.80 Å². The van der Waals surface area contributed by atoms with Crippen molar-refractivity contribution in [3.8, 4) is 6.07 Å². The van der Waals surface area contributed by atoms with Gasteiger partial charge in [0.2, 0.25) is 5.91 Å². The van der Waals surface area contributed by atoms with Crippen LogP contribution in [0.4, 0.5) is 11.4 Å². The number of benzene rings is 3. The van der Waals surface area contributed by atoms with E-state index in [1.807, 2.05) is 61.2 Å². The Hall–Kier alpha value is -3.58. The van der Waals surface area contributed by atoms with Gasteiger partial charge in [0.25, 0.3) is 0 Å². The van der Waals surface area contributed by atoms with E-state index in [4.69, 9.17) is 0 Å². The number of nitrogens with zero attached hydrogens (tertiary/aromatic N) is 3. The first-order valence-corrected chi connectivity index (χ1v) is 11.2. The second-order valence-corrected chi connectivity index (χ2v) is 9.36. The van der Waals surface area contributed by atoms with Crippen LogP contribution in [0.3, 0.4) is 0 Å². The minimum atomic E-state index is -0.585. The Balaban J connectivity index is 1.62. The zero-order valence-electron chi connectivity index (χ0n) is 18.5. The van der Waals surface area contributed by atoms with Crippen LogP contribution in [0.5, 0.6) is 0 Å². The van der Waals surface area contributed by atoms with Crippen LogP contribution >= 0.6 is 0 Å². The van der Waals surface area contributed by atoms with Gasteiger partial charge in [0.15, 0.2) is 0 Å². The monoisotopic (exact) mass is 421 g/mol. The molecule has 0 saturated heterocycles. The van der Waals surface area contributed by atoms with E-state index >= 15 is 0 Å². The van der Waals surface area contributed by atoms with Crippen LogP contribution in [0, 0.1) is 16.7 Å². The van der Waals surface area contributed by atoms with Crippen molar-refractivity contribution >= 4 is 17.3 Å². The fourth-order valence-corrected chi connectivity index (χ4v) is 5.40. The summed E-state index contributed by atoms with van der Waals surface area (Å²) in [4.78, 5) is 18.1. The summed E-state index contributed by atoms with van der Waals surface area (Å²) in [6.07, 6.45) is 0.381. The average molecular weight is 422 g/mol. The largest absolute Gasteiger partial charge is 0.363 e. The normalized spacial score (nSPS) is 20.0. The lowest BCUT2D eigenvalue weighted by molar-refractivity contribution is -0.119. The summed E-state index contributed by atoms with van der Waals surface area (Å²) in [7, 11) is 0. The molecule has 2 atom stereocenters. The van der Waals surface area contributed by atoms with Gasteiger partial charge in [-0.25, -0.2) is 0 Å². The molecule has 5 rings (SSSR count). The molecule has 0 saturated carbocycles. The van der Waals surface area contributed by atoms with Gasteiger partial charge in [-0.3, -0.25) is 4.79 Å². The number of carbonyl (C=O) groups excluding carboxylic acids is 1. The molecule has 4 nitrogen and oxygen atoms in total. The lowest BCUT2D eigenvalue weighted by Crippen LogP contribution is -2.45. The number of carbonyl (C=O) groups is 1. The highest BCUT2D eigenvalue weighted by atomic mass is 16.2. The predicted octanol–water partition coefficient (Wildman–Crippen LogP) is 5.65. The molecule has 0 bridgehead atoms. The van der Waals surface area contributed by atoms with Crippen molar-refractivity contribution in [1.29, 1.82) is 5.26 Å². The van der Waals surface area contributed by atoms with Crippen molar-refractivity contribution in [2.24, 2.45) is 5.41 Å². The number of fused-ring (bicyclic) bond motifs is 4. The summed E-state index contributed by atoms with van der Waals surface area (Å²) in [6.45, 7) is 5.25. The summed E-state index contributed by atoms with van der Waals surface area (Å²) in [5.41, 5.74) is 4.94. The van der Waals surface area contributed by atoms with E-state index in [9.17, 15) is 10.1 Å². The molecule has 0 spiro atoms. The summed E-state index contributed by atoms with van der Waals surface area (Å²) in [5.74, 6) is 0.0686. The van der Waals surface area contributed by atoms with E-state index in [1.54, 1.807) is 0 Å². The Morgan fingerprint density at radius 3 is 2.34 bits per heavy atom. The number of para-hydroxylation sites is 2. The molecular formula is C28H27N3O. The number of rotatable bonds is 3. The van der Waals surface area contributed by atoms with Gasteiger partial charge < -0.3 is 9.80 Å². The Morgan fingerprint density at radius 2 is 1.59 bits per heavy atom. The zero-order chi connectivity index (χ0) is 22.3. The number of amides is 1. The summed E-state index contributed by atoms with van der Waals surface area (Å²) >= 11 is 0. The molecular weight excluding hydrogens is 394 g/mol. The van der Waals surface area contributed by atoms with Crippen LogP contribution in [0.1, 0.15) is 42.9 Å². The maximum Gasteiger partial charge on any atom is 0.229 e. The molecule has 32 heavy (non-hydrogen) atoms. The zero-order valence-corrected chi connectivity index (χ0v) is 18.5. The molecule has 0 radical (unpaired) electrons. The molecule has 4 heteroatoms. The van der Waals surface area contributed by atoms with Crippen molar-refractivity contribution in [3.63, 3.8) is 0 Å². The molecule has 160 valence electrons. The van der Waals surface area contributed by atoms with Crippen LogP contribution in [-0.2, 0) is 17.9 Å². The van der Waals surface area contributed by atoms with Gasteiger partial charge in [-0.1, -0.05) is 66.7 Å². The van der Waals surface area contributed by atoms with Crippen molar-refractivity contribution in [3.05, 3.63) is 95.6 Å². The number of nitriles is 1. The molecule has 2 unspecified atom stereocenters. The Bertz CT molecular complexity index is 1190. The second kappa shape index (κ2) is 7.84. The Kier molecular flexibility index (Phi) is 4.98.